The van der Waals surface area contributed by atoms with Crippen LogP contribution in [-0.2, 0) is 0 Å². The molecular formula is C14H16N2O. The maximum atomic E-state index is 5.66. The lowest BCUT2D eigenvalue weighted by atomic mass is 10.0. The number of aromatic nitrogens is 1. The number of hydrogen-bond donors (Lipinski definition) is 1. The van der Waals surface area contributed by atoms with Crippen molar-refractivity contribution in [2.75, 3.05) is 5.73 Å². The van der Waals surface area contributed by atoms with Crippen molar-refractivity contribution in [3.05, 3.63) is 48.0 Å². The van der Waals surface area contributed by atoms with Crippen molar-refractivity contribution in [3.63, 3.8) is 0 Å². The van der Waals surface area contributed by atoms with Gasteiger partial charge in [0.1, 0.15) is 11.6 Å². The van der Waals surface area contributed by atoms with E-state index in [0.717, 1.165) is 5.75 Å². The number of hydrogen-bond acceptors (Lipinski definition) is 3. The number of rotatable bonds is 3. The van der Waals surface area contributed by atoms with Gasteiger partial charge < -0.3 is 10.5 Å². The second-order valence-electron chi connectivity index (χ2n) is 4.23. The molecule has 1 aromatic heterocycles. The van der Waals surface area contributed by atoms with Crippen LogP contribution in [0.15, 0.2) is 42.5 Å². The van der Waals surface area contributed by atoms with Crippen molar-refractivity contribution in [2.45, 2.75) is 19.8 Å². The van der Waals surface area contributed by atoms with E-state index in [0.29, 0.717) is 17.6 Å². The van der Waals surface area contributed by atoms with Gasteiger partial charge in [-0.25, -0.2) is 0 Å². The largest absolute Gasteiger partial charge is 0.439 e. The van der Waals surface area contributed by atoms with Crippen molar-refractivity contribution < 1.29 is 4.74 Å². The molecule has 0 amide bonds. The Morgan fingerprint density at radius 3 is 2.59 bits per heavy atom. The summed E-state index contributed by atoms with van der Waals surface area (Å²) in [5, 5.41) is 0. The summed E-state index contributed by atoms with van der Waals surface area (Å²) in [5.74, 6) is 2.25. The summed E-state index contributed by atoms with van der Waals surface area (Å²) in [7, 11) is 0. The van der Waals surface area contributed by atoms with Crippen LogP contribution in [0.2, 0.25) is 0 Å². The van der Waals surface area contributed by atoms with Gasteiger partial charge in [0, 0.05) is 6.07 Å². The van der Waals surface area contributed by atoms with E-state index >= 15 is 0 Å². The lowest BCUT2D eigenvalue weighted by Gasteiger charge is -2.09. The second-order valence-corrected chi connectivity index (χ2v) is 4.23. The molecule has 0 aliphatic rings. The molecule has 1 heterocycles. The van der Waals surface area contributed by atoms with E-state index in [4.69, 9.17) is 10.5 Å². The predicted molar refractivity (Wildman–Crippen MR) is 69.3 cm³/mol. The van der Waals surface area contributed by atoms with E-state index in [1.165, 1.54) is 5.56 Å². The molecule has 0 aliphatic carbocycles. The Bertz CT molecular complexity index is 509. The van der Waals surface area contributed by atoms with Crippen LogP contribution in [0.3, 0.4) is 0 Å². The summed E-state index contributed by atoms with van der Waals surface area (Å²) in [6, 6.07) is 13.4. The fourth-order valence-electron chi connectivity index (χ4n) is 1.55. The zero-order valence-electron chi connectivity index (χ0n) is 10.1. The lowest BCUT2D eigenvalue weighted by Crippen LogP contribution is -1.94. The van der Waals surface area contributed by atoms with E-state index in [1.807, 2.05) is 24.3 Å². The molecule has 2 aromatic rings. The zero-order valence-corrected chi connectivity index (χ0v) is 10.1. The first-order chi connectivity index (χ1) is 8.15. The Morgan fingerprint density at radius 2 is 1.88 bits per heavy atom. The fraction of sp³-hybridized carbons (Fsp3) is 0.214. The van der Waals surface area contributed by atoms with Crippen molar-refractivity contribution in [2.24, 2.45) is 0 Å². The average molecular weight is 228 g/mol. The molecule has 0 radical (unpaired) electrons. The smallest absolute Gasteiger partial charge is 0.221 e. The third-order valence-electron chi connectivity index (χ3n) is 2.49. The Hall–Kier alpha value is -2.03. The molecule has 0 saturated carbocycles. The number of ether oxygens (including phenoxy) is 1. The monoisotopic (exact) mass is 228 g/mol. The molecule has 0 bridgehead atoms. The molecule has 0 aliphatic heterocycles. The number of nitrogens with zero attached hydrogens (tertiary/aromatic N) is 1. The molecule has 0 fully saturated rings. The van der Waals surface area contributed by atoms with E-state index in [2.05, 4.69) is 24.9 Å². The van der Waals surface area contributed by atoms with Crippen LogP contribution in [-0.4, -0.2) is 4.98 Å². The molecular weight excluding hydrogens is 212 g/mol. The topological polar surface area (TPSA) is 48.1 Å². The van der Waals surface area contributed by atoms with Crippen LogP contribution in [0.25, 0.3) is 0 Å². The van der Waals surface area contributed by atoms with Gasteiger partial charge >= 0.3 is 0 Å². The standard InChI is InChI=1S/C14H16N2O/c1-10(2)11-5-3-6-12(9-11)17-14-8-4-7-13(15)16-14/h3-10H,1-2H3,(H2,15,16). The number of pyridine rings is 1. The maximum Gasteiger partial charge on any atom is 0.221 e. The Morgan fingerprint density at radius 1 is 1.12 bits per heavy atom. The summed E-state index contributed by atoms with van der Waals surface area (Å²) in [4.78, 5) is 4.10. The van der Waals surface area contributed by atoms with Gasteiger partial charge in [0.25, 0.3) is 0 Å². The number of nitrogens with two attached hydrogens (primary N) is 1. The van der Waals surface area contributed by atoms with Crippen molar-refractivity contribution in [3.8, 4) is 11.6 Å². The second kappa shape index (κ2) is 4.87. The first kappa shape index (κ1) is 11.5. The minimum Gasteiger partial charge on any atom is -0.439 e. The molecule has 1 aromatic carbocycles. The van der Waals surface area contributed by atoms with Gasteiger partial charge in [-0.05, 0) is 29.7 Å². The van der Waals surface area contributed by atoms with Gasteiger partial charge in [0.15, 0.2) is 0 Å². The molecule has 88 valence electrons. The highest BCUT2D eigenvalue weighted by molar-refractivity contribution is 5.36. The summed E-state index contributed by atoms with van der Waals surface area (Å²) in [6.45, 7) is 4.30. The molecule has 0 spiro atoms. The highest BCUT2D eigenvalue weighted by Gasteiger charge is 2.03. The first-order valence-corrected chi connectivity index (χ1v) is 5.65. The third kappa shape index (κ3) is 2.97. The minimum absolute atomic E-state index is 0.461. The Labute approximate surface area is 101 Å². The number of nitrogen functional groups attached to an aromatic ring is 1. The molecule has 0 saturated heterocycles. The van der Waals surface area contributed by atoms with Gasteiger partial charge in [-0.1, -0.05) is 32.0 Å². The summed E-state index contributed by atoms with van der Waals surface area (Å²) in [5.41, 5.74) is 6.84. The molecule has 17 heavy (non-hydrogen) atoms. The molecule has 2 N–H and O–H groups in total. The van der Waals surface area contributed by atoms with Crippen molar-refractivity contribution in [1.29, 1.82) is 0 Å². The molecule has 0 atom stereocenters. The van der Waals surface area contributed by atoms with Crippen LogP contribution in [0, 0.1) is 0 Å². The first-order valence-electron chi connectivity index (χ1n) is 5.65. The summed E-state index contributed by atoms with van der Waals surface area (Å²) in [6.07, 6.45) is 0. The van der Waals surface area contributed by atoms with Crippen LogP contribution in [0.4, 0.5) is 5.82 Å². The highest BCUT2D eigenvalue weighted by atomic mass is 16.5. The molecule has 3 nitrogen and oxygen atoms in total. The zero-order chi connectivity index (χ0) is 12.3. The number of benzene rings is 1. The van der Waals surface area contributed by atoms with Gasteiger partial charge in [-0.15, -0.1) is 0 Å². The van der Waals surface area contributed by atoms with Crippen LogP contribution in [0.5, 0.6) is 11.6 Å². The molecule has 2 rings (SSSR count). The van der Waals surface area contributed by atoms with Crippen LogP contribution < -0.4 is 10.5 Å². The van der Waals surface area contributed by atoms with E-state index in [9.17, 15) is 0 Å². The van der Waals surface area contributed by atoms with Crippen LogP contribution in [0.1, 0.15) is 25.3 Å². The Kier molecular flexibility index (Phi) is 3.28. The highest BCUT2D eigenvalue weighted by Crippen LogP contribution is 2.24. The van der Waals surface area contributed by atoms with E-state index < -0.39 is 0 Å². The van der Waals surface area contributed by atoms with Gasteiger partial charge in [0.05, 0.1) is 0 Å². The Balaban J connectivity index is 2.21. The number of anilines is 1. The SMILES string of the molecule is CC(C)c1cccc(Oc2cccc(N)n2)c1. The molecule has 0 unspecified atom stereocenters. The predicted octanol–water partition coefficient (Wildman–Crippen LogP) is 3.58. The molecule has 3 heteroatoms. The quantitative estimate of drug-likeness (QED) is 0.873. The fourth-order valence-corrected chi connectivity index (χ4v) is 1.55. The maximum absolute atomic E-state index is 5.66. The minimum atomic E-state index is 0.461. The van der Waals surface area contributed by atoms with Gasteiger partial charge in [-0.3, -0.25) is 0 Å². The lowest BCUT2D eigenvalue weighted by molar-refractivity contribution is 0.463. The van der Waals surface area contributed by atoms with Crippen molar-refractivity contribution in [1.82, 2.24) is 4.98 Å². The van der Waals surface area contributed by atoms with Gasteiger partial charge in [-0.2, -0.15) is 4.98 Å². The van der Waals surface area contributed by atoms with Crippen molar-refractivity contribution >= 4 is 5.82 Å². The van der Waals surface area contributed by atoms with E-state index in [1.54, 1.807) is 12.1 Å². The van der Waals surface area contributed by atoms with Gasteiger partial charge in [0.2, 0.25) is 5.88 Å². The van der Waals surface area contributed by atoms with E-state index in [-0.39, 0.29) is 0 Å². The normalized spacial score (nSPS) is 10.5. The summed E-state index contributed by atoms with van der Waals surface area (Å²) >= 11 is 0. The summed E-state index contributed by atoms with van der Waals surface area (Å²) < 4.78 is 5.66. The average Bonchev–Trinajstić information content (AvgIpc) is 2.29. The third-order valence-corrected chi connectivity index (χ3v) is 2.49. The van der Waals surface area contributed by atoms with Crippen LogP contribution >= 0.6 is 0 Å².